The minimum atomic E-state index is 0.0602. The third kappa shape index (κ3) is 3.73. The smallest absolute Gasteiger partial charge is 0.253 e. The van der Waals surface area contributed by atoms with Crippen molar-refractivity contribution in [3.05, 3.63) is 53.1 Å². The molecule has 7 heteroatoms. The normalized spacial score (nSPS) is 14.6. The first kappa shape index (κ1) is 18.1. The molecular weight excluding hydrogens is 382 g/mol. The molecule has 1 saturated heterocycles. The lowest BCUT2D eigenvalue weighted by Gasteiger charge is -2.34. The predicted octanol–water partition coefficient (Wildman–Crippen LogP) is 4.31. The van der Waals surface area contributed by atoms with Crippen LogP contribution in [0.5, 0.6) is 5.75 Å². The zero-order valence-electron chi connectivity index (χ0n) is 15.0. The fraction of sp³-hybridized carbons (Fsp3) is 0.300. The number of thiazole rings is 1. The van der Waals surface area contributed by atoms with Gasteiger partial charge in [-0.05, 0) is 43.3 Å². The van der Waals surface area contributed by atoms with E-state index in [0.29, 0.717) is 30.3 Å². The Morgan fingerprint density at radius 2 is 1.89 bits per heavy atom. The van der Waals surface area contributed by atoms with Gasteiger partial charge in [-0.15, -0.1) is 0 Å². The van der Waals surface area contributed by atoms with Gasteiger partial charge in [0.15, 0.2) is 5.13 Å². The second kappa shape index (κ2) is 7.74. The first-order chi connectivity index (χ1) is 13.2. The van der Waals surface area contributed by atoms with Crippen LogP contribution in [0.3, 0.4) is 0 Å². The van der Waals surface area contributed by atoms with Crippen LogP contribution in [0.15, 0.2) is 42.5 Å². The van der Waals surface area contributed by atoms with Crippen LogP contribution in [-0.4, -0.2) is 48.6 Å². The summed E-state index contributed by atoms with van der Waals surface area (Å²) >= 11 is 7.88. The third-order valence-corrected chi connectivity index (χ3v) is 5.99. The summed E-state index contributed by atoms with van der Waals surface area (Å²) in [5.41, 5.74) is 1.55. The van der Waals surface area contributed by atoms with Crippen LogP contribution >= 0.6 is 22.9 Å². The van der Waals surface area contributed by atoms with Gasteiger partial charge in [0, 0.05) is 31.7 Å². The highest BCUT2D eigenvalue weighted by Crippen LogP contribution is 2.33. The Morgan fingerprint density at radius 1 is 1.15 bits per heavy atom. The number of ether oxygens (including phenoxy) is 1. The lowest BCUT2D eigenvalue weighted by atomic mass is 10.1. The van der Waals surface area contributed by atoms with Crippen molar-refractivity contribution in [3.63, 3.8) is 0 Å². The molecule has 1 amide bonds. The molecule has 0 bridgehead atoms. The number of hydrogen-bond donors (Lipinski definition) is 0. The number of fused-ring (bicyclic) bond motifs is 1. The Morgan fingerprint density at radius 3 is 2.56 bits per heavy atom. The fourth-order valence-electron chi connectivity index (χ4n) is 3.18. The molecule has 0 unspecified atom stereocenters. The molecule has 1 aliphatic rings. The molecule has 0 saturated carbocycles. The molecule has 4 rings (SSSR count). The number of nitrogens with zero attached hydrogens (tertiary/aromatic N) is 3. The number of hydrogen-bond acceptors (Lipinski definition) is 5. The van der Waals surface area contributed by atoms with Gasteiger partial charge in [-0.2, -0.15) is 0 Å². The SMILES string of the molecule is CCOc1ccc(C(=O)N2CCN(c3nc4c(Cl)cccc4s3)CC2)cc1. The van der Waals surface area contributed by atoms with E-state index in [9.17, 15) is 4.79 Å². The van der Waals surface area contributed by atoms with Gasteiger partial charge in [0.2, 0.25) is 0 Å². The first-order valence-corrected chi connectivity index (χ1v) is 10.2. The summed E-state index contributed by atoms with van der Waals surface area (Å²) in [6.07, 6.45) is 0. The van der Waals surface area contributed by atoms with Crippen LogP contribution in [0.25, 0.3) is 10.2 Å². The van der Waals surface area contributed by atoms with Crippen molar-refractivity contribution in [2.75, 3.05) is 37.7 Å². The van der Waals surface area contributed by atoms with Gasteiger partial charge in [0.05, 0.1) is 16.3 Å². The van der Waals surface area contributed by atoms with Crippen molar-refractivity contribution in [2.24, 2.45) is 0 Å². The maximum Gasteiger partial charge on any atom is 0.253 e. The van der Waals surface area contributed by atoms with Gasteiger partial charge in [-0.1, -0.05) is 29.0 Å². The molecule has 3 aromatic rings. The molecule has 0 atom stereocenters. The summed E-state index contributed by atoms with van der Waals surface area (Å²) in [5, 5.41) is 1.64. The van der Waals surface area contributed by atoms with Gasteiger partial charge < -0.3 is 14.5 Å². The van der Waals surface area contributed by atoms with Crippen molar-refractivity contribution in [2.45, 2.75) is 6.92 Å². The minimum absolute atomic E-state index is 0.0602. The minimum Gasteiger partial charge on any atom is -0.494 e. The van der Waals surface area contributed by atoms with Crippen molar-refractivity contribution < 1.29 is 9.53 Å². The zero-order chi connectivity index (χ0) is 18.8. The molecule has 2 aromatic carbocycles. The Hall–Kier alpha value is -2.31. The number of halogens is 1. The lowest BCUT2D eigenvalue weighted by Crippen LogP contribution is -2.48. The number of para-hydroxylation sites is 1. The van der Waals surface area contributed by atoms with E-state index in [1.807, 2.05) is 54.3 Å². The van der Waals surface area contributed by atoms with Gasteiger partial charge in [-0.3, -0.25) is 4.79 Å². The molecule has 0 radical (unpaired) electrons. The molecule has 0 aliphatic carbocycles. The molecule has 1 aromatic heterocycles. The Kier molecular flexibility index (Phi) is 5.18. The number of amides is 1. The number of carbonyl (C=O) groups excluding carboxylic acids is 1. The van der Waals surface area contributed by atoms with Crippen LogP contribution in [-0.2, 0) is 0 Å². The first-order valence-electron chi connectivity index (χ1n) is 8.98. The van der Waals surface area contributed by atoms with E-state index in [0.717, 1.165) is 34.2 Å². The number of carbonyl (C=O) groups is 1. The van der Waals surface area contributed by atoms with E-state index >= 15 is 0 Å². The van der Waals surface area contributed by atoms with E-state index in [1.54, 1.807) is 11.3 Å². The predicted molar refractivity (Wildman–Crippen MR) is 110 cm³/mol. The molecular formula is C20H20ClN3O2S. The van der Waals surface area contributed by atoms with Crippen molar-refractivity contribution in [1.82, 2.24) is 9.88 Å². The van der Waals surface area contributed by atoms with Crippen molar-refractivity contribution in [1.29, 1.82) is 0 Å². The molecule has 27 heavy (non-hydrogen) atoms. The van der Waals surface area contributed by atoms with Gasteiger partial charge in [0.25, 0.3) is 5.91 Å². The molecule has 1 fully saturated rings. The van der Waals surface area contributed by atoms with E-state index in [-0.39, 0.29) is 5.91 Å². The number of anilines is 1. The average Bonchev–Trinajstić information content (AvgIpc) is 3.14. The van der Waals surface area contributed by atoms with Crippen LogP contribution in [0.4, 0.5) is 5.13 Å². The monoisotopic (exact) mass is 401 g/mol. The largest absolute Gasteiger partial charge is 0.494 e. The van der Waals surface area contributed by atoms with Gasteiger partial charge in [0.1, 0.15) is 11.3 Å². The average molecular weight is 402 g/mol. The molecule has 0 spiro atoms. The topological polar surface area (TPSA) is 45.7 Å². The molecule has 2 heterocycles. The molecule has 5 nitrogen and oxygen atoms in total. The second-order valence-corrected chi connectivity index (χ2v) is 7.74. The van der Waals surface area contributed by atoms with Crippen LogP contribution in [0.1, 0.15) is 17.3 Å². The number of piperazine rings is 1. The summed E-state index contributed by atoms with van der Waals surface area (Å²) in [5.74, 6) is 0.846. The van der Waals surface area contributed by atoms with Gasteiger partial charge in [-0.25, -0.2) is 4.98 Å². The third-order valence-electron chi connectivity index (χ3n) is 4.61. The second-order valence-electron chi connectivity index (χ2n) is 6.32. The molecule has 1 aliphatic heterocycles. The zero-order valence-corrected chi connectivity index (χ0v) is 16.6. The number of rotatable bonds is 4. The standard InChI is InChI=1S/C20H20ClN3O2S/c1-2-26-15-8-6-14(7-9-15)19(25)23-10-12-24(13-11-23)20-22-18-16(21)4-3-5-17(18)27-20/h3-9H,2,10-13H2,1H3. The Balaban J connectivity index is 1.41. The Labute approximate surface area is 167 Å². The number of benzene rings is 2. The molecule has 0 N–H and O–H groups in total. The Bertz CT molecular complexity index is 950. The lowest BCUT2D eigenvalue weighted by molar-refractivity contribution is 0.0746. The van der Waals surface area contributed by atoms with Crippen LogP contribution < -0.4 is 9.64 Å². The number of aromatic nitrogens is 1. The summed E-state index contributed by atoms with van der Waals surface area (Å²) in [4.78, 5) is 21.5. The summed E-state index contributed by atoms with van der Waals surface area (Å²) in [7, 11) is 0. The fourth-order valence-corrected chi connectivity index (χ4v) is 4.50. The van der Waals surface area contributed by atoms with Crippen molar-refractivity contribution >= 4 is 44.2 Å². The highest BCUT2D eigenvalue weighted by molar-refractivity contribution is 7.22. The highest BCUT2D eigenvalue weighted by atomic mass is 35.5. The summed E-state index contributed by atoms with van der Waals surface area (Å²) in [6.45, 7) is 5.44. The summed E-state index contributed by atoms with van der Waals surface area (Å²) in [6, 6.07) is 13.2. The van der Waals surface area contributed by atoms with Crippen LogP contribution in [0.2, 0.25) is 5.02 Å². The van der Waals surface area contributed by atoms with E-state index in [2.05, 4.69) is 9.88 Å². The highest BCUT2D eigenvalue weighted by Gasteiger charge is 2.24. The molecule has 140 valence electrons. The van der Waals surface area contributed by atoms with E-state index < -0.39 is 0 Å². The van der Waals surface area contributed by atoms with E-state index in [1.165, 1.54) is 0 Å². The maximum atomic E-state index is 12.7. The van der Waals surface area contributed by atoms with Crippen LogP contribution in [0, 0.1) is 0 Å². The van der Waals surface area contributed by atoms with Crippen molar-refractivity contribution in [3.8, 4) is 5.75 Å². The van der Waals surface area contributed by atoms with Gasteiger partial charge >= 0.3 is 0 Å². The quantitative estimate of drug-likeness (QED) is 0.653. The summed E-state index contributed by atoms with van der Waals surface area (Å²) < 4.78 is 6.52. The maximum absolute atomic E-state index is 12.7. The van der Waals surface area contributed by atoms with E-state index in [4.69, 9.17) is 16.3 Å².